The zero-order valence-electron chi connectivity index (χ0n) is 22.1. The van der Waals surface area contributed by atoms with Crippen LogP contribution in [0.25, 0.3) is 11.1 Å². The van der Waals surface area contributed by atoms with Crippen LogP contribution in [-0.2, 0) is 36.7 Å². The molecule has 1 aliphatic rings. The number of benzene rings is 3. The van der Waals surface area contributed by atoms with Gasteiger partial charge in [0, 0.05) is 23.5 Å². The molecule has 2 heterocycles. The third-order valence-corrected chi connectivity index (χ3v) is 7.89. The first kappa shape index (κ1) is 27.6. The molecule has 4 aromatic rings. The number of pyridine rings is 1. The lowest BCUT2D eigenvalue weighted by Crippen LogP contribution is -2.45. The third kappa shape index (κ3) is 5.15. The number of primary sulfonamides is 1. The van der Waals surface area contributed by atoms with Crippen molar-refractivity contribution in [2.24, 2.45) is 16.8 Å². The molecule has 2 atom stereocenters. The van der Waals surface area contributed by atoms with Crippen LogP contribution in [0.2, 0.25) is 0 Å². The molecule has 3 aromatic carbocycles. The number of carbonyl (C=O) groups excluding carboxylic acids is 1. The highest BCUT2D eigenvalue weighted by Crippen LogP contribution is 2.48. The quantitative estimate of drug-likeness (QED) is 0.179. The number of carbonyl (C=O) groups is 1. The smallest absolute Gasteiger partial charge is 0.272 e. The summed E-state index contributed by atoms with van der Waals surface area (Å²) in [6.07, 6.45) is 2.67. The number of aromatic nitrogens is 1. The Kier molecular flexibility index (Phi) is 7.54. The number of fused-ring (bicyclic) bond motifs is 1. The van der Waals surface area contributed by atoms with E-state index in [1.54, 1.807) is 29.4 Å². The second-order valence-corrected chi connectivity index (χ2v) is 11.5. The molecule has 4 N–H and O–H groups in total. The number of anilines is 1. The molecular weight excluding hydrogens is 528 g/mol. The fourth-order valence-electron chi connectivity index (χ4n) is 4.63. The van der Waals surface area contributed by atoms with Gasteiger partial charge in [0.05, 0.1) is 17.1 Å². The summed E-state index contributed by atoms with van der Waals surface area (Å²) in [5.41, 5.74) is 8.94. The van der Waals surface area contributed by atoms with E-state index < -0.39 is 27.8 Å². The first-order valence-corrected chi connectivity index (χ1v) is 14.3. The van der Waals surface area contributed by atoms with Crippen LogP contribution in [0.4, 0.5) is 5.69 Å². The SMILES string of the molecule is CC(C)C(N)OOC1(c2ccc(S(N)(=O)=O)cc2)C(=O)N(Cc2ccc(-c3ccncc3)cc2)c2ccccc21. The highest BCUT2D eigenvalue weighted by atomic mass is 32.2. The highest BCUT2D eigenvalue weighted by molar-refractivity contribution is 7.89. The minimum Gasteiger partial charge on any atom is -0.304 e. The predicted molar refractivity (Wildman–Crippen MR) is 151 cm³/mol. The standard InChI is InChI=1S/C30H30N4O5S/c1-20(2)28(31)38-39-30(24-11-13-25(14-12-24)40(32,36)37)26-5-3-4-6-27(26)34(29(30)35)19-21-7-9-22(10-8-21)23-15-17-33-18-16-23/h3-18,20,28H,19,31H2,1-2H3,(H2,32,36,37). The number of hydrogen-bond donors (Lipinski definition) is 2. The Bertz CT molecular complexity index is 1610. The van der Waals surface area contributed by atoms with Crippen LogP contribution in [0.3, 0.4) is 0 Å². The molecule has 206 valence electrons. The summed E-state index contributed by atoms with van der Waals surface area (Å²) in [5, 5.41) is 5.31. The van der Waals surface area contributed by atoms with Gasteiger partial charge in [-0.1, -0.05) is 68.4 Å². The van der Waals surface area contributed by atoms with E-state index in [4.69, 9.17) is 20.6 Å². The summed E-state index contributed by atoms with van der Waals surface area (Å²) in [5.74, 6) is -0.491. The van der Waals surface area contributed by atoms with Gasteiger partial charge in [0.15, 0.2) is 0 Å². The molecule has 0 spiro atoms. The molecule has 9 nitrogen and oxygen atoms in total. The van der Waals surface area contributed by atoms with Gasteiger partial charge in [-0.05, 0) is 52.9 Å². The van der Waals surface area contributed by atoms with Crippen LogP contribution in [0, 0.1) is 5.92 Å². The maximum Gasteiger partial charge on any atom is 0.272 e. The van der Waals surface area contributed by atoms with Crippen molar-refractivity contribution in [2.45, 2.75) is 37.1 Å². The van der Waals surface area contributed by atoms with Gasteiger partial charge in [-0.25, -0.2) is 23.3 Å². The van der Waals surface area contributed by atoms with Crippen LogP contribution in [0.5, 0.6) is 0 Å². The van der Waals surface area contributed by atoms with Crippen molar-refractivity contribution in [2.75, 3.05) is 4.90 Å². The van der Waals surface area contributed by atoms with Crippen molar-refractivity contribution in [3.8, 4) is 11.1 Å². The number of hydrogen-bond acceptors (Lipinski definition) is 7. The van der Waals surface area contributed by atoms with E-state index in [0.717, 1.165) is 16.7 Å². The monoisotopic (exact) mass is 558 g/mol. The average molecular weight is 559 g/mol. The molecule has 10 heteroatoms. The van der Waals surface area contributed by atoms with Gasteiger partial charge in [-0.3, -0.25) is 9.78 Å². The minimum atomic E-state index is -3.94. The summed E-state index contributed by atoms with van der Waals surface area (Å²) in [6, 6.07) is 24.8. The second kappa shape index (κ2) is 10.9. The van der Waals surface area contributed by atoms with Gasteiger partial charge < -0.3 is 10.6 Å². The summed E-state index contributed by atoms with van der Waals surface area (Å²) < 4.78 is 23.8. The van der Waals surface area contributed by atoms with Gasteiger partial charge in [-0.2, -0.15) is 0 Å². The number of sulfonamides is 1. The van der Waals surface area contributed by atoms with Gasteiger partial charge in [0.2, 0.25) is 15.6 Å². The van der Waals surface area contributed by atoms with Crippen molar-refractivity contribution in [3.63, 3.8) is 0 Å². The Morgan fingerprint density at radius 1 is 0.900 bits per heavy atom. The van der Waals surface area contributed by atoms with Gasteiger partial charge in [0.1, 0.15) is 6.23 Å². The van der Waals surface area contributed by atoms with E-state index in [0.29, 0.717) is 16.8 Å². The average Bonchev–Trinajstić information content (AvgIpc) is 3.20. The van der Waals surface area contributed by atoms with E-state index in [2.05, 4.69) is 4.98 Å². The number of nitrogens with two attached hydrogens (primary N) is 2. The molecule has 1 aromatic heterocycles. The minimum absolute atomic E-state index is 0.0870. The van der Waals surface area contributed by atoms with Crippen molar-refractivity contribution >= 4 is 21.6 Å². The predicted octanol–water partition coefficient (Wildman–Crippen LogP) is 4.08. The lowest BCUT2D eigenvalue weighted by molar-refractivity contribution is -0.373. The van der Waals surface area contributed by atoms with E-state index >= 15 is 0 Å². The van der Waals surface area contributed by atoms with Crippen LogP contribution < -0.4 is 15.8 Å². The first-order chi connectivity index (χ1) is 19.1. The molecular formula is C30H30N4O5S. The summed E-state index contributed by atoms with van der Waals surface area (Å²) >= 11 is 0. The van der Waals surface area contributed by atoms with Crippen molar-refractivity contribution in [1.82, 2.24) is 4.98 Å². The lowest BCUT2D eigenvalue weighted by atomic mass is 9.87. The summed E-state index contributed by atoms with van der Waals surface area (Å²) in [4.78, 5) is 31.6. The molecule has 0 saturated carbocycles. The molecule has 0 fully saturated rings. The van der Waals surface area contributed by atoms with E-state index in [1.807, 2.05) is 62.4 Å². The van der Waals surface area contributed by atoms with Crippen LogP contribution in [-0.4, -0.2) is 25.5 Å². The zero-order chi connectivity index (χ0) is 28.5. The number of para-hydroxylation sites is 1. The molecule has 0 bridgehead atoms. The second-order valence-electron chi connectivity index (χ2n) is 9.98. The maximum atomic E-state index is 14.4. The van der Waals surface area contributed by atoms with Gasteiger partial charge >= 0.3 is 0 Å². The fraction of sp³-hybridized carbons (Fsp3) is 0.200. The Labute approximate surface area is 233 Å². The fourth-order valence-corrected chi connectivity index (χ4v) is 5.15. The summed E-state index contributed by atoms with van der Waals surface area (Å²) in [6.45, 7) is 4.00. The zero-order valence-corrected chi connectivity index (χ0v) is 22.9. The Hall–Kier alpha value is -3.93. The largest absolute Gasteiger partial charge is 0.304 e. The molecule has 40 heavy (non-hydrogen) atoms. The van der Waals surface area contributed by atoms with E-state index in [1.165, 1.54) is 24.3 Å². The third-order valence-electron chi connectivity index (χ3n) is 6.96. The maximum absolute atomic E-state index is 14.4. The lowest BCUT2D eigenvalue weighted by Gasteiger charge is -2.30. The molecule has 0 aliphatic carbocycles. The van der Waals surface area contributed by atoms with Crippen molar-refractivity contribution < 1.29 is 23.0 Å². The molecule has 1 amide bonds. The normalized spacial score (nSPS) is 17.7. The first-order valence-electron chi connectivity index (χ1n) is 12.8. The van der Waals surface area contributed by atoms with E-state index in [-0.39, 0.29) is 17.4 Å². The Morgan fingerprint density at radius 2 is 1.52 bits per heavy atom. The Morgan fingerprint density at radius 3 is 2.15 bits per heavy atom. The Balaban J connectivity index is 1.55. The molecule has 5 rings (SSSR count). The molecule has 1 aliphatic heterocycles. The molecule has 2 unspecified atom stereocenters. The number of amides is 1. The van der Waals surface area contributed by atoms with Crippen LogP contribution in [0.1, 0.15) is 30.5 Å². The highest BCUT2D eigenvalue weighted by Gasteiger charge is 2.55. The van der Waals surface area contributed by atoms with E-state index in [9.17, 15) is 13.2 Å². The molecule has 0 saturated heterocycles. The number of rotatable bonds is 9. The van der Waals surface area contributed by atoms with Crippen molar-refractivity contribution in [3.05, 3.63) is 114 Å². The topological polar surface area (TPSA) is 138 Å². The van der Waals surface area contributed by atoms with Crippen molar-refractivity contribution in [1.29, 1.82) is 0 Å². The van der Waals surface area contributed by atoms with Crippen LogP contribution >= 0.6 is 0 Å². The number of nitrogens with zero attached hydrogens (tertiary/aromatic N) is 2. The van der Waals surface area contributed by atoms with Gasteiger partial charge in [-0.15, -0.1) is 0 Å². The van der Waals surface area contributed by atoms with Gasteiger partial charge in [0.25, 0.3) is 5.91 Å². The molecule has 0 radical (unpaired) electrons. The van der Waals surface area contributed by atoms with Crippen LogP contribution in [0.15, 0.2) is 102 Å². The summed E-state index contributed by atoms with van der Waals surface area (Å²) in [7, 11) is -3.94.